The molecule has 2 N–H and O–H groups in total. The summed E-state index contributed by atoms with van der Waals surface area (Å²) in [6.45, 7) is 1.96. The summed E-state index contributed by atoms with van der Waals surface area (Å²) in [7, 11) is 0. The average molecular weight is 275 g/mol. The van der Waals surface area contributed by atoms with E-state index >= 15 is 0 Å². The molecule has 110 valence electrons. The van der Waals surface area contributed by atoms with E-state index in [1.54, 1.807) is 0 Å². The Morgan fingerprint density at radius 2 is 1.80 bits per heavy atom. The van der Waals surface area contributed by atoms with Crippen LogP contribution in [0.15, 0.2) is 24.3 Å². The van der Waals surface area contributed by atoms with Crippen molar-refractivity contribution in [1.82, 2.24) is 0 Å². The lowest BCUT2D eigenvalue weighted by Crippen LogP contribution is -2.18. The zero-order chi connectivity index (χ0) is 14.4. The van der Waals surface area contributed by atoms with Crippen molar-refractivity contribution in [3.05, 3.63) is 29.8 Å². The van der Waals surface area contributed by atoms with Crippen molar-refractivity contribution in [3.8, 4) is 0 Å². The second kappa shape index (κ2) is 7.32. The molecule has 1 saturated carbocycles. The highest BCUT2D eigenvalue weighted by Gasteiger charge is 2.13. The van der Waals surface area contributed by atoms with E-state index in [-0.39, 0.29) is 12.3 Å². The van der Waals surface area contributed by atoms with Gasteiger partial charge in [-0.1, -0.05) is 44.7 Å². The fraction of sp³-hybridized carbons (Fsp3) is 0.588. The number of carboxylic acids is 1. The van der Waals surface area contributed by atoms with Gasteiger partial charge in [-0.25, -0.2) is 0 Å². The highest BCUT2D eigenvalue weighted by molar-refractivity contribution is 5.68. The van der Waals surface area contributed by atoms with Crippen LogP contribution in [0.5, 0.6) is 0 Å². The van der Waals surface area contributed by atoms with Crippen molar-refractivity contribution in [1.29, 1.82) is 0 Å². The van der Waals surface area contributed by atoms with Crippen LogP contribution in [0, 0.1) is 0 Å². The molecule has 3 heteroatoms. The molecular weight excluding hydrogens is 250 g/mol. The van der Waals surface area contributed by atoms with Gasteiger partial charge in [0.1, 0.15) is 0 Å². The Bertz CT molecular complexity index is 419. The zero-order valence-electron chi connectivity index (χ0n) is 12.3. The van der Waals surface area contributed by atoms with Gasteiger partial charge in [0.05, 0.1) is 6.42 Å². The lowest BCUT2D eigenvalue weighted by molar-refractivity contribution is -0.137. The first-order valence-corrected chi connectivity index (χ1v) is 7.73. The fourth-order valence-corrected chi connectivity index (χ4v) is 2.95. The monoisotopic (exact) mass is 275 g/mol. The van der Waals surface area contributed by atoms with E-state index in [0.717, 1.165) is 11.3 Å². The Morgan fingerprint density at radius 3 is 2.35 bits per heavy atom. The summed E-state index contributed by atoms with van der Waals surface area (Å²) < 4.78 is 0. The Kier molecular flexibility index (Phi) is 5.45. The number of carbonyl (C=O) groups is 1. The molecule has 0 aliphatic heterocycles. The third kappa shape index (κ3) is 4.55. The van der Waals surface area contributed by atoms with Gasteiger partial charge >= 0.3 is 5.97 Å². The van der Waals surface area contributed by atoms with Crippen LogP contribution < -0.4 is 5.32 Å². The predicted molar refractivity (Wildman–Crippen MR) is 82.2 cm³/mol. The fourth-order valence-electron chi connectivity index (χ4n) is 2.95. The molecule has 3 nitrogen and oxygen atoms in total. The molecule has 1 aliphatic carbocycles. The molecule has 1 atom stereocenters. The third-order valence-electron chi connectivity index (χ3n) is 4.19. The van der Waals surface area contributed by atoms with Crippen molar-refractivity contribution < 1.29 is 9.90 Å². The Balaban J connectivity index is 1.91. The van der Waals surface area contributed by atoms with Gasteiger partial charge in [0.2, 0.25) is 0 Å². The van der Waals surface area contributed by atoms with Crippen LogP contribution in [0.1, 0.15) is 63.4 Å². The topological polar surface area (TPSA) is 49.3 Å². The molecule has 0 amide bonds. The third-order valence-corrected chi connectivity index (χ3v) is 4.19. The van der Waals surface area contributed by atoms with Crippen LogP contribution in [-0.2, 0) is 4.79 Å². The SMILES string of the molecule is CC(CC(=O)O)c1ccc(NC2CCCCCC2)cc1. The quantitative estimate of drug-likeness (QED) is 0.783. The van der Waals surface area contributed by atoms with Crippen LogP contribution in [-0.4, -0.2) is 17.1 Å². The van der Waals surface area contributed by atoms with Crippen LogP contribution in [0.25, 0.3) is 0 Å². The van der Waals surface area contributed by atoms with Gasteiger partial charge in [-0.15, -0.1) is 0 Å². The number of hydrogen-bond acceptors (Lipinski definition) is 2. The maximum absolute atomic E-state index is 10.7. The van der Waals surface area contributed by atoms with Crippen molar-refractivity contribution in [2.45, 2.75) is 63.8 Å². The number of nitrogens with one attached hydrogen (secondary N) is 1. The normalized spacial score (nSPS) is 18.2. The van der Waals surface area contributed by atoms with Crippen molar-refractivity contribution in [2.75, 3.05) is 5.32 Å². The highest BCUT2D eigenvalue weighted by atomic mass is 16.4. The lowest BCUT2D eigenvalue weighted by Gasteiger charge is -2.18. The van der Waals surface area contributed by atoms with E-state index in [4.69, 9.17) is 5.11 Å². The van der Waals surface area contributed by atoms with Gasteiger partial charge in [0, 0.05) is 11.7 Å². The minimum atomic E-state index is -0.738. The van der Waals surface area contributed by atoms with E-state index in [1.165, 1.54) is 38.5 Å². The second-order valence-corrected chi connectivity index (χ2v) is 5.95. The summed E-state index contributed by atoms with van der Waals surface area (Å²) in [6, 6.07) is 8.86. The van der Waals surface area contributed by atoms with Gasteiger partial charge in [-0.3, -0.25) is 4.79 Å². The van der Waals surface area contributed by atoms with Crippen LogP contribution in [0.3, 0.4) is 0 Å². The van der Waals surface area contributed by atoms with Crippen molar-refractivity contribution in [3.63, 3.8) is 0 Å². The minimum Gasteiger partial charge on any atom is -0.481 e. The maximum atomic E-state index is 10.7. The molecule has 1 aliphatic rings. The zero-order valence-corrected chi connectivity index (χ0v) is 12.3. The summed E-state index contributed by atoms with van der Waals surface area (Å²) >= 11 is 0. The highest BCUT2D eigenvalue weighted by Crippen LogP contribution is 2.24. The number of rotatable bonds is 5. The van der Waals surface area contributed by atoms with Gasteiger partial charge in [-0.2, -0.15) is 0 Å². The molecule has 1 unspecified atom stereocenters. The predicted octanol–water partition coefficient (Wildman–Crippen LogP) is 4.40. The van der Waals surface area contributed by atoms with E-state index in [1.807, 2.05) is 19.1 Å². The van der Waals surface area contributed by atoms with E-state index in [2.05, 4.69) is 17.4 Å². The van der Waals surface area contributed by atoms with Gasteiger partial charge in [0.25, 0.3) is 0 Å². The number of anilines is 1. The Morgan fingerprint density at radius 1 is 1.20 bits per heavy atom. The van der Waals surface area contributed by atoms with Gasteiger partial charge in [0.15, 0.2) is 0 Å². The number of benzene rings is 1. The number of carboxylic acid groups (broad SMARTS) is 1. The Hall–Kier alpha value is -1.51. The number of hydrogen-bond donors (Lipinski definition) is 2. The van der Waals surface area contributed by atoms with Crippen LogP contribution >= 0.6 is 0 Å². The average Bonchev–Trinajstić information content (AvgIpc) is 2.67. The molecule has 1 fully saturated rings. The van der Waals surface area contributed by atoms with Crippen molar-refractivity contribution in [2.24, 2.45) is 0 Å². The molecule has 1 aromatic rings. The van der Waals surface area contributed by atoms with E-state index in [9.17, 15) is 4.79 Å². The first-order chi connectivity index (χ1) is 9.65. The summed E-state index contributed by atoms with van der Waals surface area (Å²) in [6.07, 6.45) is 8.09. The molecule has 2 rings (SSSR count). The largest absolute Gasteiger partial charge is 0.481 e. The molecule has 1 aromatic carbocycles. The van der Waals surface area contributed by atoms with Crippen LogP contribution in [0.2, 0.25) is 0 Å². The smallest absolute Gasteiger partial charge is 0.303 e. The summed E-state index contributed by atoms with van der Waals surface area (Å²) in [5.41, 5.74) is 2.25. The molecule has 0 heterocycles. The van der Waals surface area contributed by atoms with E-state index in [0.29, 0.717) is 6.04 Å². The molecule has 20 heavy (non-hydrogen) atoms. The first kappa shape index (κ1) is 14.9. The molecule has 0 aromatic heterocycles. The van der Waals surface area contributed by atoms with E-state index < -0.39 is 5.97 Å². The number of aliphatic carboxylic acids is 1. The molecule has 0 saturated heterocycles. The van der Waals surface area contributed by atoms with Crippen LogP contribution in [0.4, 0.5) is 5.69 Å². The standard InChI is InChI=1S/C17H25NO2/c1-13(12-17(19)20)14-8-10-16(11-9-14)18-15-6-4-2-3-5-7-15/h8-11,13,15,18H,2-7,12H2,1H3,(H,19,20). The molecule has 0 bridgehead atoms. The van der Waals surface area contributed by atoms with Gasteiger partial charge < -0.3 is 10.4 Å². The Labute approximate surface area is 121 Å². The minimum absolute atomic E-state index is 0.0689. The first-order valence-electron chi connectivity index (χ1n) is 7.73. The molecule has 0 spiro atoms. The lowest BCUT2D eigenvalue weighted by atomic mass is 9.97. The van der Waals surface area contributed by atoms with Gasteiger partial charge in [-0.05, 0) is 36.5 Å². The maximum Gasteiger partial charge on any atom is 0.303 e. The molecular formula is C17H25NO2. The van der Waals surface area contributed by atoms with Crippen molar-refractivity contribution >= 4 is 11.7 Å². The summed E-state index contributed by atoms with van der Waals surface area (Å²) in [4.78, 5) is 10.7. The molecule has 0 radical (unpaired) electrons. The summed E-state index contributed by atoms with van der Waals surface area (Å²) in [5, 5.41) is 12.4. The summed E-state index contributed by atoms with van der Waals surface area (Å²) in [5.74, 6) is -0.669. The second-order valence-electron chi connectivity index (χ2n) is 5.95.